The molecule has 3 heterocycles. The molecule has 0 saturated carbocycles. The molecule has 1 saturated heterocycles. The molecular formula is C23H29N5O5. The Morgan fingerprint density at radius 1 is 1.15 bits per heavy atom. The van der Waals surface area contributed by atoms with E-state index in [9.17, 15) is 19.5 Å². The number of nitrogens with zero attached hydrogens (tertiary/aromatic N) is 3. The molecule has 176 valence electrons. The largest absolute Gasteiger partial charge is 0.505 e. The van der Waals surface area contributed by atoms with Gasteiger partial charge in [-0.25, -0.2) is 14.8 Å². The molecule has 0 atom stereocenters. The third kappa shape index (κ3) is 6.90. The number of piperidine rings is 1. The summed E-state index contributed by atoms with van der Waals surface area (Å²) in [5.74, 6) is -0.798. The molecule has 3 amide bonds. The van der Waals surface area contributed by atoms with Crippen molar-refractivity contribution in [1.29, 1.82) is 0 Å². The first kappa shape index (κ1) is 24.0. The number of pyridine rings is 2. The maximum absolute atomic E-state index is 12.6. The van der Waals surface area contributed by atoms with Crippen molar-refractivity contribution in [3.05, 3.63) is 47.9 Å². The summed E-state index contributed by atoms with van der Waals surface area (Å²) in [5.41, 5.74) is 0.104. The maximum Gasteiger partial charge on any atom is 0.410 e. The summed E-state index contributed by atoms with van der Waals surface area (Å²) < 4.78 is 5.38. The number of aromatic hydroxyl groups is 1. The van der Waals surface area contributed by atoms with Gasteiger partial charge in [0.2, 0.25) is 5.91 Å². The molecule has 0 aliphatic carbocycles. The van der Waals surface area contributed by atoms with E-state index in [2.05, 4.69) is 20.6 Å². The number of amides is 3. The van der Waals surface area contributed by atoms with E-state index < -0.39 is 11.5 Å². The monoisotopic (exact) mass is 455 g/mol. The topological polar surface area (TPSA) is 134 Å². The predicted molar refractivity (Wildman–Crippen MR) is 120 cm³/mol. The highest BCUT2D eigenvalue weighted by molar-refractivity contribution is 6.04. The van der Waals surface area contributed by atoms with Crippen molar-refractivity contribution in [3.63, 3.8) is 0 Å². The third-order valence-electron chi connectivity index (χ3n) is 5.05. The summed E-state index contributed by atoms with van der Waals surface area (Å²) in [6.07, 6.45) is 3.71. The van der Waals surface area contributed by atoms with Gasteiger partial charge in [-0.2, -0.15) is 0 Å². The second-order valence-electron chi connectivity index (χ2n) is 8.83. The fraction of sp³-hybridized carbons (Fsp3) is 0.435. The Labute approximate surface area is 192 Å². The van der Waals surface area contributed by atoms with Crippen LogP contribution in [0.3, 0.4) is 0 Å². The highest BCUT2D eigenvalue weighted by atomic mass is 16.6. The minimum absolute atomic E-state index is 0.0837. The van der Waals surface area contributed by atoms with Crippen LogP contribution in [0.2, 0.25) is 0 Å². The zero-order chi connectivity index (χ0) is 24.0. The van der Waals surface area contributed by atoms with E-state index in [0.29, 0.717) is 25.9 Å². The Bertz CT molecular complexity index is 1010. The summed E-state index contributed by atoms with van der Waals surface area (Å²) in [4.78, 5) is 46.6. The number of hydrogen-bond donors (Lipinski definition) is 3. The summed E-state index contributed by atoms with van der Waals surface area (Å²) in [7, 11) is 0. The lowest BCUT2D eigenvalue weighted by Crippen LogP contribution is -2.44. The molecule has 2 aromatic heterocycles. The lowest BCUT2D eigenvalue weighted by Gasteiger charge is -2.32. The molecule has 33 heavy (non-hydrogen) atoms. The molecule has 0 spiro atoms. The zero-order valence-electron chi connectivity index (χ0n) is 19.0. The number of ether oxygens (including phenoxy) is 1. The maximum atomic E-state index is 12.6. The first-order chi connectivity index (χ1) is 15.6. The van der Waals surface area contributed by atoms with Crippen LogP contribution in [-0.4, -0.2) is 56.6 Å². The van der Waals surface area contributed by atoms with Crippen LogP contribution in [0.4, 0.5) is 10.6 Å². The van der Waals surface area contributed by atoms with Crippen molar-refractivity contribution in [2.24, 2.45) is 5.92 Å². The van der Waals surface area contributed by atoms with E-state index >= 15 is 0 Å². The van der Waals surface area contributed by atoms with Gasteiger partial charge in [0.1, 0.15) is 17.2 Å². The smallest absolute Gasteiger partial charge is 0.410 e. The number of anilines is 1. The average molecular weight is 456 g/mol. The number of carbonyl (C=O) groups is 3. The van der Waals surface area contributed by atoms with E-state index in [1.807, 2.05) is 20.8 Å². The summed E-state index contributed by atoms with van der Waals surface area (Å²) in [5, 5.41) is 15.3. The molecule has 3 rings (SSSR count). The summed E-state index contributed by atoms with van der Waals surface area (Å²) >= 11 is 0. The summed E-state index contributed by atoms with van der Waals surface area (Å²) in [6.45, 7) is 6.68. The van der Waals surface area contributed by atoms with Crippen molar-refractivity contribution >= 4 is 23.7 Å². The fourth-order valence-corrected chi connectivity index (χ4v) is 3.38. The molecule has 10 nitrogen and oxygen atoms in total. The van der Waals surface area contributed by atoms with Crippen LogP contribution in [0.1, 0.15) is 49.7 Å². The van der Waals surface area contributed by atoms with Crippen molar-refractivity contribution in [3.8, 4) is 5.75 Å². The van der Waals surface area contributed by atoms with Gasteiger partial charge in [-0.3, -0.25) is 9.59 Å². The Morgan fingerprint density at radius 3 is 2.55 bits per heavy atom. The quantitative estimate of drug-likeness (QED) is 0.631. The van der Waals surface area contributed by atoms with Crippen LogP contribution in [0.25, 0.3) is 0 Å². The van der Waals surface area contributed by atoms with Gasteiger partial charge in [0, 0.05) is 37.9 Å². The Balaban J connectivity index is 1.49. The highest BCUT2D eigenvalue weighted by Gasteiger charge is 2.29. The van der Waals surface area contributed by atoms with Gasteiger partial charge in [-0.15, -0.1) is 0 Å². The molecule has 3 N–H and O–H groups in total. The minimum Gasteiger partial charge on any atom is -0.505 e. The fourth-order valence-electron chi connectivity index (χ4n) is 3.38. The van der Waals surface area contributed by atoms with Crippen LogP contribution >= 0.6 is 0 Å². The second kappa shape index (κ2) is 10.3. The molecule has 1 aliphatic heterocycles. The minimum atomic E-state index is -0.585. The number of likely N-dealkylation sites (tertiary alicyclic amines) is 1. The lowest BCUT2D eigenvalue weighted by atomic mass is 9.96. The Kier molecular flexibility index (Phi) is 7.47. The molecular weight excluding hydrogens is 426 g/mol. The van der Waals surface area contributed by atoms with Gasteiger partial charge < -0.3 is 25.4 Å². The van der Waals surface area contributed by atoms with Crippen molar-refractivity contribution < 1.29 is 24.2 Å². The first-order valence-corrected chi connectivity index (χ1v) is 10.8. The second-order valence-corrected chi connectivity index (χ2v) is 8.83. The van der Waals surface area contributed by atoms with Gasteiger partial charge in [0.25, 0.3) is 5.91 Å². The molecule has 1 aliphatic rings. The van der Waals surface area contributed by atoms with Crippen LogP contribution in [0.5, 0.6) is 5.75 Å². The van der Waals surface area contributed by atoms with Gasteiger partial charge in [-0.05, 0) is 63.4 Å². The molecule has 2 aromatic rings. The number of hydrogen-bond acceptors (Lipinski definition) is 7. The molecule has 10 heteroatoms. The highest BCUT2D eigenvalue weighted by Crippen LogP contribution is 2.20. The van der Waals surface area contributed by atoms with E-state index in [1.165, 1.54) is 24.5 Å². The third-order valence-corrected chi connectivity index (χ3v) is 5.05. The normalized spacial score (nSPS) is 14.5. The van der Waals surface area contributed by atoms with Gasteiger partial charge in [0.05, 0.1) is 0 Å². The molecule has 0 bridgehead atoms. The van der Waals surface area contributed by atoms with Gasteiger partial charge in [0.15, 0.2) is 5.69 Å². The molecule has 0 aromatic carbocycles. The first-order valence-electron chi connectivity index (χ1n) is 10.8. The lowest BCUT2D eigenvalue weighted by molar-refractivity contribution is -0.126. The van der Waals surface area contributed by atoms with Crippen LogP contribution in [-0.2, 0) is 16.1 Å². The van der Waals surface area contributed by atoms with E-state index in [4.69, 9.17) is 4.74 Å². The van der Waals surface area contributed by atoms with E-state index in [1.54, 1.807) is 17.0 Å². The van der Waals surface area contributed by atoms with E-state index in [-0.39, 0.29) is 41.7 Å². The summed E-state index contributed by atoms with van der Waals surface area (Å²) in [6, 6.07) is 6.27. The Morgan fingerprint density at radius 2 is 1.88 bits per heavy atom. The van der Waals surface area contributed by atoms with Crippen LogP contribution in [0, 0.1) is 5.92 Å². The SMILES string of the molecule is CC(C)(C)OC(=O)N1CCC(C(=O)NCc2ccnc(NC(=O)c3ncccc3O)c2)CC1. The standard InChI is InChI=1S/C23H29N5O5/c1-23(2,3)33-22(32)28-11-7-16(8-12-28)20(30)26-14-15-6-10-24-18(13-15)27-21(31)19-17(29)5-4-9-25-19/h4-6,9-10,13,16,29H,7-8,11-12,14H2,1-3H3,(H,26,30)(H,24,27,31). The zero-order valence-corrected chi connectivity index (χ0v) is 19.0. The average Bonchev–Trinajstić information content (AvgIpc) is 2.77. The number of rotatable bonds is 5. The van der Waals surface area contributed by atoms with Crippen LogP contribution in [0.15, 0.2) is 36.7 Å². The predicted octanol–water partition coefficient (Wildman–Crippen LogP) is 2.70. The van der Waals surface area contributed by atoms with Crippen molar-refractivity contribution in [1.82, 2.24) is 20.2 Å². The van der Waals surface area contributed by atoms with Crippen molar-refractivity contribution in [2.45, 2.75) is 45.8 Å². The van der Waals surface area contributed by atoms with Gasteiger partial charge >= 0.3 is 6.09 Å². The van der Waals surface area contributed by atoms with E-state index in [0.717, 1.165) is 5.56 Å². The van der Waals surface area contributed by atoms with Gasteiger partial charge in [-0.1, -0.05) is 0 Å². The number of carbonyl (C=O) groups excluding carboxylic acids is 3. The van der Waals surface area contributed by atoms with Crippen LogP contribution < -0.4 is 10.6 Å². The molecule has 0 unspecified atom stereocenters. The number of aromatic nitrogens is 2. The Hall–Kier alpha value is -3.69. The molecule has 0 radical (unpaired) electrons. The molecule has 1 fully saturated rings. The van der Waals surface area contributed by atoms with Crippen molar-refractivity contribution in [2.75, 3.05) is 18.4 Å². The number of nitrogens with one attached hydrogen (secondary N) is 2.